The van der Waals surface area contributed by atoms with Crippen LogP contribution in [0.3, 0.4) is 0 Å². The lowest BCUT2D eigenvalue weighted by atomic mass is 10.1. The standard InChI is InChI=1S/C20H25N5OS2/c1-15-5-3-4-6-17(15)12-23-7-9-24(10-8-23)14-25-20(27)26-19(22-25)11-18-13-28-16(2)21-18/h3-6,13H,7-12,14H2,1-2H3/p+2. The summed E-state index contributed by atoms with van der Waals surface area (Å²) in [5.41, 5.74) is 3.84. The summed E-state index contributed by atoms with van der Waals surface area (Å²) in [6, 6.07) is 8.70. The Morgan fingerprint density at radius 1 is 1.14 bits per heavy atom. The highest BCUT2D eigenvalue weighted by molar-refractivity contribution is 7.71. The summed E-state index contributed by atoms with van der Waals surface area (Å²) >= 11 is 7.03. The zero-order valence-electron chi connectivity index (χ0n) is 16.4. The quantitative estimate of drug-likeness (QED) is 0.583. The average Bonchev–Trinajstić information content (AvgIpc) is 3.24. The van der Waals surface area contributed by atoms with Crippen LogP contribution in [0.2, 0.25) is 0 Å². The number of benzene rings is 1. The van der Waals surface area contributed by atoms with Crippen LogP contribution in [0.4, 0.5) is 0 Å². The van der Waals surface area contributed by atoms with Gasteiger partial charge in [0.15, 0.2) is 6.67 Å². The van der Waals surface area contributed by atoms with E-state index >= 15 is 0 Å². The van der Waals surface area contributed by atoms with Crippen LogP contribution >= 0.6 is 23.6 Å². The van der Waals surface area contributed by atoms with E-state index in [1.807, 2.05) is 11.6 Å². The number of nitrogens with zero attached hydrogens (tertiary/aromatic N) is 3. The van der Waals surface area contributed by atoms with Crippen molar-refractivity contribution in [1.29, 1.82) is 0 Å². The van der Waals surface area contributed by atoms with E-state index in [0.717, 1.165) is 37.0 Å². The van der Waals surface area contributed by atoms with Crippen LogP contribution in [-0.2, 0) is 19.6 Å². The first-order valence-electron chi connectivity index (χ1n) is 9.76. The number of nitrogens with one attached hydrogen (secondary N) is 2. The van der Waals surface area contributed by atoms with E-state index in [4.69, 9.17) is 16.6 Å². The van der Waals surface area contributed by atoms with Crippen molar-refractivity contribution >= 4 is 23.6 Å². The first kappa shape index (κ1) is 19.4. The highest BCUT2D eigenvalue weighted by Gasteiger charge is 2.24. The van der Waals surface area contributed by atoms with Gasteiger partial charge < -0.3 is 14.2 Å². The molecule has 8 heteroatoms. The molecular formula is C20H27N5OS2+2. The molecule has 0 saturated carbocycles. The van der Waals surface area contributed by atoms with Crippen molar-refractivity contribution in [1.82, 2.24) is 14.8 Å². The molecule has 0 aliphatic carbocycles. The monoisotopic (exact) mass is 417 g/mol. The number of aromatic nitrogens is 3. The number of hydrogen-bond acceptors (Lipinski definition) is 5. The first-order valence-corrected chi connectivity index (χ1v) is 11.0. The number of piperazine rings is 1. The fourth-order valence-electron chi connectivity index (χ4n) is 3.75. The van der Waals surface area contributed by atoms with Crippen molar-refractivity contribution < 1.29 is 14.2 Å². The zero-order valence-corrected chi connectivity index (χ0v) is 18.0. The molecule has 1 fully saturated rings. The molecule has 2 N–H and O–H groups in total. The molecule has 28 heavy (non-hydrogen) atoms. The normalized spacial score (nSPS) is 19.8. The predicted molar refractivity (Wildman–Crippen MR) is 111 cm³/mol. The summed E-state index contributed by atoms with van der Waals surface area (Å²) < 4.78 is 7.53. The molecule has 1 aliphatic rings. The topological polar surface area (TPSA) is 52.7 Å². The lowest BCUT2D eigenvalue weighted by molar-refractivity contribution is -1.03. The maximum Gasteiger partial charge on any atom is 0.291 e. The van der Waals surface area contributed by atoms with Gasteiger partial charge in [0.1, 0.15) is 32.7 Å². The largest absolute Gasteiger partial charge is 0.413 e. The number of quaternary nitrogens is 2. The summed E-state index contributed by atoms with van der Waals surface area (Å²) in [5, 5.41) is 7.70. The Morgan fingerprint density at radius 3 is 2.61 bits per heavy atom. The van der Waals surface area contributed by atoms with E-state index in [1.54, 1.807) is 16.2 Å². The van der Waals surface area contributed by atoms with Gasteiger partial charge in [-0.1, -0.05) is 24.3 Å². The minimum Gasteiger partial charge on any atom is -0.413 e. The van der Waals surface area contributed by atoms with Gasteiger partial charge in [0.05, 0.1) is 17.1 Å². The third kappa shape index (κ3) is 4.75. The molecule has 1 aromatic carbocycles. The summed E-state index contributed by atoms with van der Waals surface area (Å²) in [6.07, 6.45) is 0.602. The smallest absolute Gasteiger partial charge is 0.291 e. The van der Waals surface area contributed by atoms with E-state index in [9.17, 15) is 0 Å². The van der Waals surface area contributed by atoms with Gasteiger partial charge >= 0.3 is 0 Å². The van der Waals surface area contributed by atoms with Gasteiger partial charge in [-0.15, -0.1) is 16.4 Å². The second-order valence-electron chi connectivity index (χ2n) is 7.56. The predicted octanol–water partition coefficient (Wildman–Crippen LogP) is 0.811. The van der Waals surface area contributed by atoms with Gasteiger partial charge in [-0.25, -0.2) is 4.98 Å². The van der Waals surface area contributed by atoms with Crippen LogP contribution in [0.25, 0.3) is 0 Å². The van der Waals surface area contributed by atoms with E-state index in [0.29, 0.717) is 17.1 Å². The van der Waals surface area contributed by atoms with Crippen molar-refractivity contribution in [2.24, 2.45) is 0 Å². The van der Waals surface area contributed by atoms with Crippen molar-refractivity contribution in [2.45, 2.75) is 33.5 Å². The van der Waals surface area contributed by atoms with E-state index in [-0.39, 0.29) is 0 Å². The van der Waals surface area contributed by atoms with Crippen molar-refractivity contribution in [3.05, 3.63) is 62.2 Å². The molecule has 6 nitrogen and oxygen atoms in total. The molecule has 0 unspecified atom stereocenters. The highest BCUT2D eigenvalue weighted by atomic mass is 32.1. The van der Waals surface area contributed by atoms with Crippen LogP contribution in [0.1, 0.15) is 27.7 Å². The van der Waals surface area contributed by atoms with Crippen LogP contribution in [-0.4, -0.2) is 40.9 Å². The number of rotatable bonds is 6. The van der Waals surface area contributed by atoms with Gasteiger partial charge in [-0.05, 0) is 31.6 Å². The summed E-state index contributed by atoms with van der Waals surface area (Å²) in [6.45, 7) is 10.7. The lowest BCUT2D eigenvalue weighted by Crippen LogP contribution is -3.27. The molecule has 2 aromatic heterocycles. The van der Waals surface area contributed by atoms with Gasteiger partial charge in [0.25, 0.3) is 4.84 Å². The van der Waals surface area contributed by atoms with E-state index in [1.165, 1.54) is 29.1 Å². The molecule has 0 bridgehead atoms. The maximum absolute atomic E-state index is 5.70. The van der Waals surface area contributed by atoms with Gasteiger partial charge in [-0.3, -0.25) is 0 Å². The second kappa shape index (κ2) is 8.65. The maximum atomic E-state index is 5.70. The highest BCUT2D eigenvalue weighted by Crippen LogP contribution is 2.12. The summed E-state index contributed by atoms with van der Waals surface area (Å²) in [5.74, 6) is 0.651. The molecule has 148 valence electrons. The van der Waals surface area contributed by atoms with E-state index in [2.05, 4.69) is 46.7 Å². The van der Waals surface area contributed by atoms with Gasteiger partial charge in [-0.2, -0.15) is 4.68 Å². The number of aryl methyl sites for hydroxylation is 2. The van der Waals surface area contributed by atoms with Crippen molar-refractivity contribution in [3.8, 4) is 0 Å². The molecule has 0 amide bonds. The molecular weight excluding hydrogens is 390 g/mol. The number of thiazole rings is 1. The molecule has 0 radical (unpaired) electrons. The fourth-order valence-corrected chi connectivity index (χ4v) is 4.56. The minimum absolute atomic E-state index is 0.462. The summed E-state index contributed by atoms with van der Waals surface area (Å²) in [4.78, 5) is 8.10. The minimum atomic E-state index is 0.462. The third-order valence-corrected chi connectivity index (χ3v) is 6.50. The van der Waals surface area contributed by atoms with Crippen molar-refractivity contribution in [2.75, 3.05) is 26.2 Å². The second-order valence-corrected chi connectivity index (χ2v) is 8.97. The van der Waals surface area contributed by atoms with E-state index < -0.39 is 0 Å². The Kier molecular flexibility index (Phi) is 6.01. The first-order chi connectivity index (χ1) is 13.6. The molecule has 0 spiro atoms. The van der Waals surface area contributed by atoms with Crippen LogP contribution in [0.5, 0.6) is 0 Å². The molecule has 3 aromatic rings. The number of hydrogen-bond donors (Lipinski definition) is 2. The zero-order chi connectivity index (χ0) is 19.5. The third-order valence-electron chi connectivity index (χ3n) is 5.39. The van der Waals surface area contributed by atoms with Crippen LogP contribution < -0.4 is 9.80 Å². The Balaban J connectivity index is 1.31. The Morgan fingerprint density at radius 2 is 1.89 bits per heavy atom. The van der Waals surface area contributed by atoms with Gasteiger partial charge in [0, 0.05) is 10.9 Å². The molecule has 1 aliphatic heterocycles. The Bertz CT molecular complexity index is 984. The van der Waals surface area contributed by atoms with Crippen LogP contribution in [0.15, 0.2) is 34.1 Å². The molecule has 1 saturated heterocycles. The molecule has 3 heterocycles. The fraction of sp³-hybridized carbons (Fsp3) is 0.450. The summed E-state index contributed by atoms with van der Waals surface area (Å²) in [7, 11) is 0. The Hall–Kier alpha value is -1.87. The van der Waals surface area contributed by atoms with Crippen LogP contribution in [0, 0.1) is 18.7 Å². The van der Waals surface area contributed by atoms with Crippen molar-refractivity contribution in [3.63, 3.8) is 0 Å². The molecule has 0 atom stereocenters. The van der Waals surface area contributed by atoms with Gasteiger partial charge in [0.2, 0.25) is 5.89 Å². The molecule has 4 rings (SSSR count). The average molecular weight is 418 g/mol. The SMILES string of the molecule is Cc1nc(Cc2nn(C[NH+]3CC[NH+](Cc4ccccc4C)CC3)c(=S)o2)cs1. The lowest BCUT2D eigenvalue weighted by Gasteiger charge is -2.29. The Labute approximate surface area is 174 Å².